The number of aromatic amines is 1. The van der Waals surface area contributed by atoms with E-state index in [0.29, 0.717) is 5.56 Å². The minimum atomic E-state index is -0.199. The third-order valence-electron chi connectivity index (χ3n) is 6.78. The van der Waals surface area contributed by atoms with Gasteiger partial charge in [0.15, 0.2) is 0 Å². The summed E-state index contributed by atoms with van der Waals surface area (Å²) >= 11 is 0. The molecule has 35 heavy (non-hydrogen) atoms. The Morgan fingerprint density at radius 2 is 2.00 bits per heavy atom. The molecule has 0 radical (unpaired) electrons. The van der Waals surface area contributed by atoms with Crippen molar-refractivity contribution in [1.82, 2.24) is 14.9 Å². The van der Waals surface area contributed by atoms with Crippen LogP contribution < -0.4 is 5.32 Å². The number of rotatable bonds is 6. The SMILES string of the molecule is Cc1ncc(C#N)c(Nc2ccc3[nH]ccc3c2C)c1C=Cc1ccc(CN2CCC(O)C2)cc1. The number of aliphatic hydroxyl groups is 1. The van der Waals surface area contributed by atoms with Gasteiger partial charge in [0.1, 0.15) is 6.07 Å². The number of benzene rings is 2. The van der Waals surface area contributed by atoms with E-state index in [9.17, 15) is 10.4 Å². The topological polar surface area (TPSA) is 88.0 Å². The first-order valence-electron chi connectivity index (χ1n) is 11.9. The molecule has 1 fully saturated rings. The van der Waals surface area contributed by atoms with Crippen LogP contribution in [0, 0.1) is 25.2 Å². The average molecular weight is 464 g/mol. The van der Waals surface area contributed by atoms with E-state index in [2.05, 4.69) is 69.6 Å². The van der Waals surface area contributed by atoms with Crippen LogP contribution >= 0.6 is 0 Å². The molecule has 3 heterocycles. The van der Waals surface area contributed by atoms with Gasteiger partial charge in [-0.05, 0) is 55.2 Å². The lowest BCUT2D eigenvalue weighted by atomic mass is 10.0. The normalized spacial score (nSPS) is 16.2. The Kier molecular flexibility index (Phi) is 6.37. The lowest BCUT2D eigenvalue weighted by Crippen LogP contribution is -2.21. The molecule has 6 heteroatoms. The lowest BCUT2D eigenvalue weighted by molar-refractivity contribution is 0.175. The number of fused-ring (bicyclic) bond motifs is 1. The Bertz CT molecular complexity index is 1430. The third kappa shape index (κ3) is 4.83. The summed E-state index contributed by atoms with van der Waals surface area (Å²) in [7, 11) is 0. The van der Waals surface area contributed by atoms with Crippen LogP contribution in [0.25, 0.3) is 23.1 Å². The summed E-state index contributed by atoms with van der Waals surface area (Å²) in [5, 5.41) is 24.2. The van der Waals surface area contributed by atoms with Gasteiger partial charge in [0.2, 0.25) is 0 Å². The number of H-pyrrole nitrogens is 1. The number of pyridine rings is 1. The molecule has 0 bridgehead atoms. The Labute approximate surface area is 205 Å². The molecular formula is C29H29N5O. The molecule has 6 nitrogen and oxygen atoms in total. The van der Waals surface area contributed by atoms with E-state index in [1.165, 1.54) is 5.56 Å². The first kappa shape index (κ1) is 22.9. The highest BCUT2D eigenvalue weighted by atomic mass is 16.3. The number of aryl methyl sites for hydroxylation is 2. The molecule has 176 valence electrons. The van der Waals surface area contributed by atoms with Gasteiger partial charge in [0.05, 0.1) is 17.4 Å². The number of anilines is 2. The molecule has 1 saturated heterocycles. The first-order valence-corrected chi connectivity index (χ1v) is 11.9. The number of hydrogen-bond acceptors (Lipinski definition) is 5. The fourth-order valence-corrected chi connectivity index (χ4v) is 4.73. The summed E-state index contributed by atoms with van der Waals surface area (Å²) < 4.78 is 0. The van der Waals surface area contributed by atoms with Gasteiger partial charge in [-0.1, -0.05) is 36.4 Å². The molecule has 0 spiro atoms. The van der Waals surface area contributed by atoms with Crippen LogP contribution in [0.1, 0.15) is 39.9 Å². The standard InChI is InChI=1S/C29H29N5O/c1-19-25-11-13-31-28(25)10-9-27(19)33-29-23(15-30)16-32-20(2)26(29)8-7-21-3-5-22(6-4-21)17-34-14-12-24(35)18-34/h3-11,13,16,24,31,35H,12,14,17-18H2,1-2H3,(H,32,33). The van der Waals surface area contributed by atoms with Gasteiger partial charge in [-0.25, -0.2) is 0 Å². The summed E-state index contributed by atoms with van der Waals surface area (Å²) in [5.41, 5.74) is 8.50. The zero-order valence-corrected chi connectivity index (χ0v) is 20.0. The predicted molar refractivity (Wildman–Crippen MR) is 141 cm³/mol. The number of aliphatic hydroxyl groups excluding tert-OH is 1. The Morgan fingerprint density at radius 3 is 2.74 bits per heavy atom. The van der Waals surface area contributed by atoms with E-state index in [-0.39, 0.29) is 6.10 Å². The van der Waals surface area contributed by atoms with Crippen LogP contribution in [0.15, 0.2) is 54.9 Å². The number of aromatic nitrogens is 2. The average Bonchev–Trinajstić information content (AvgIpc) is 3.51. The van der Waals surface area contributed by atoms with Crippen molar-refractivity contribution in [3.63, 3.8) is 0 Å². The van der Waals surface area contributed by atoms with Crippen LogP contribution in [0.5, 0.6) is 0 Å². The van der Waals surface area contributed by atoms with Crippen LogP contribution in [0.4, 0.5) is 11.4 Å². The summed E-state index contributed by atoms with van der Waals surface area (Å²) in [4.78, 5) is 9.99. The second kappa shape index (κ2) is 9.75. The van der Waals surface area contributed by atoms with E-state index in [0.717, 1.165) is 70.7 Å². The Hall–Kier alpha value is -3.92. The van der Waals surface area contributed by atoms with E-state index in [1.54, 1.807) is 6.20 Å². The number of β-amino-alcohol motifs (C(OH)–C–C–N with tert-alkyl or cyclic N) is 1. The highest BCUT2D eigenvalue weighted by molar-refractivity contribution is 5.90. The zero-order valence-electron chi connectivity index (χ0n) is 20.0. The van der Waals surface area contributed by atoms with Crippen molar-refractivity contribution < 1.29 is 5.11 Å². The predicted octanol–water partition coefficient (Wildman–Crippen LogP) is 5.53. The number of nitrogens with one attached hydrogen (secondary N) is 2. The molecule has 0 amide bonds. The molecular weight excluding hydrogens is 434 g/mol. The molecule has 2 aromatic heterocycles. The fourth-order valence-electron chi connectivity index (χ4n) is 4.73. The third-order valence-corrected chi connectivity index (χ3v) is 6.78. The second-order valence-corrected chi connectivity index (χ2v) is 9.21. The van der Waals surface area contributed by atoms with Crippen molar-refractivity contribution in [2.24, 2.45) is 0 Å². The van der Waals surface area contributed by atoms with Crippen LogP contribution in [0.3, 0.4) is 0 Å². The highest BCUT2D eigenvalue weighted by Crippen LogP contribution is 2.32. The number of nitrogens with zero attached hydrogens (tertiary/aromatic N) is 3. The van der Waals surface area contributed by atoms with Gasteiger partial charge in [-0.3, -0.25) is 9.88 Å². The maximum atomic E-state index is 9.79. The lowest BCUT2D eigenvalue weighted by Gasteiger charge is -2.16. The fraction of sp³-hybridized carbons (Fsp3) is 0.241. The Balaban J connectivity index is 1.41. The second-order valence-electron chi connectivity index (χ2n) is 9.21. The van der Waals surface area contributed by atoms with Gasteiger partial charge < -0.3 is 15.4 Å². The number of nitriles is 1. The van der Waals surface area contributed by atoms with Gasteiger partial charge >= 0.3 is 0 Å². The molecule has 1 aliphatic rings. The quantitative estimate of drug-likeness (QED) is 0.350. The summed E-state index contributed by atoms with van der Waals surface area (Å²) in [5.74, 6) is 0. The minimum Gasteiger partial charge on any atom is -0.392 e. The monoisotopic (exact) mass is 463 g/mol. The maximum absolute atomic E-state index is 9.79. The first-order chi connectivity index (χ1) is 17.0. The molecule has 1 unspecified atom stereocenters. The summed E-state index contributed by atoms with van der Waals surface area (Å²) in [6, 6.07) is 16.9. The van der Waals surface area contributed by atoms with Crippen LogP contribution in [-0.2, 0) is 6.54 Å². The molecule has 3 N–H and O–H groups in total. The molecule has 4 aromatic rings. The van der Waals surface area contributed by atoms with E-state index in [1.807, 2.05) is 31.3 Å². The minimum absolute atomic E-state index is 0.199. The largest absolute Gasteiger partial charge is 0.392 e. The van der Waals surface area contributed by atoms with E-state index in [4.69, 9.17) is 0 Å². The van der Waals surface area contributed by atoms with Gasteiger partial charge in [-0.2, -0.15) is 5.26 Å². The van der Waals surface area contributed by atoms with Crippen molar-refractivity contribution in [2.45, 2.75) is 32.9 Å². The molecule has 5 rings (SSSR count). The summed E-state index contributed by atoms with van der Waals surface area (Å²) in [6.45, 7) is 6.58. The number of likely N-dealkylation sites (tertiary alicyclic amines) is 1. The van der Waals surface area contributed by atoms with Gasteiger partial charge in [-0.15, -0.1) is 0 Å². The van der Waals surface area contributed by atoms with Crippen LogP contribution in [-0.4, -0.2) is 39.2 Å². The molecule has 0 aliphatic carbocycles. The molecule has 1 atom stereocenters. The molecule has 1 aliphatic heterocycles. The van der Waals surface area contributed by atoms with E-state index >= 15 is 0 Å². The van der Waals surface area contributed by atoms with Crippen molar-refractivity contribution in [1.29, 1.82) is 5.26 Å². The van der Waals surface area contributed by atoms with Gasteiger partial charge in [0.25, 0.3) is 0 Å². The molecule has 0 saturated carbocycles. The van der Waals surface area contributed by atoms with E-state index < -0.39 is 0 Å². The van der Waals surface area contributed by atoms with Crippen molar-refractivity contribution in [3.8, 4) is 6.07 Å². The molecule has 2 aromatic carbocycles. The van der Waals surface area contributed by atoms with Gasteiger partial charge in [0, 0.05) is 59.9 Å². The van der Waals surface area contributed by atoms with Crippen molar-refractivity contribution >= 4 is 34.4 Å². The Morgan fingerprint density at radius 1 is 1.17 bits per heavy atom. The highest BCUT2D eigenvalue weighted by Gasteiger charge is 2.19. The van der Waals surface area contributed by atoms with Crippen molar-refractivity contribution in [3.05, 3.63) is 88.4 Å². The number of hydrogen-bond donors (Lipinski definition) is 3. The van der Waals surface area contributed by atoms with Crippen LogP contribution in [0.2, 0.25) is 0 Å². The summed E-state index contributed by atoms with van der Waals surface area (Å²) in [6.07, 6.45) is 8.30. The zero-order chi connectivity index (χ0) is 24.4. The smallest absolute Gasteiger partial charge is 0.103 e. The maximum Gasteiger partial charge on any atom is 0.103 e. The van der Waals surface area contributed by atoms with Crippen molar-refractivity contribution in [2.75, 3.05) is 18.4 Å².